The molecule has 164 valence electrons. The monoisotopic (exact) mass is 422 g/mol. The van der Waals surface area contributed by atoms with Crippen molar-refractivity contribution in [2.24, 2.45) is 0 Å². The Labute approximate surface area is 182 Å². The van der Waals surface area contributed by atoms with Gasteiger partial charge in [-0.15, -0.1) is 5.10 Å². The van der Waals surface area contributed by atoms with E-state index in [2.05, 4.69) is 10.2 Å². The van der Waals surface area contributed by atoms with E-state index < -0.39 is 5.60 Å². The van der Waals surface area contributed by atoms with Gasteiger partial charge in [-0.25, -0.2) is 0 Å². The first kappa shape index (κ1) is 21.3. The van der Waals surface area contributed by atoms with Crippen LogP contribution in [-0.4, -0.2) is 59.0 Å². The van der Waals surface area contributed by atoms with Gasteiger partial charge in [0.05, 0.1) is 30.7 Å². The van der Waals surface area contributed by atoms with E-state index in [4.69, 9.17) is 14.6 Å². The molecule has 0 aliphatic carbocycles. The Morgan fingerprint density at radius 2 is 1.77 bits per heavy atom. The molecule has 1 N–H and O–H groups in total. The molecule has 0 radical (unpaired) electrons. The second-order valence-corrected chi connectivity index (χ2v) is 8.28. The number of aromatic nitrogens is 2. The molecular formula is C24H30N4O3. The molecule has 1 fully saturated rings. The van der Waals surface area contributed by atoms with Crippen LogP contribution in [0.2, 0.25) is 0 Å². The van der Waals surface area contributed by atoms with Crippen molar-refractivity contribution in [3.63, 3.8) is 0 Å². The van der Waals surface area contributed by atoms with E-state index >= 15 is 0 Å². The van der Waals surface area contributed by atoms with Crippen LogP contribution in [0, 0.1) is 0 Å². The Morgan fingerprint density at radius 1 is 1.06 bits per heavy atom. The predicted molar refractivity (Wildman–Crippen MR) is 120 cm³/mol. The number of para-hydroxylation sites is 1. The molecule has 0 spiro atoms. The molecule has 1 aliphatic heterocycles. The van der Waals surface area contributed by atoms with Crippen molar-refractivity contribution in [1.29, 1.82) is 0 Å². The van der Waals surface area contributed by atoms with Crippen molar-refractivity contribution in [3.05, 3.63) is 60.2 Å². The maximum atomic E-state index is 12.8. The minimum absolute atomic E-state index is 0.177. The molecule has 0 unspecified atom stereocenters. The Hall–Kier alpha value is -2.90. The van der Waals surface area contributed by atoms with Crippen molar-refractivity contribution in [2.75, 3.05) is 32.8 Å². The third-order valence-corrected chi connectivity index (χ3v) is 5.55. The van der Waals surface area contributed by atoms with E-state index in [9.17, 15) is 4.79 Å². The number of morpholine rings is 1. The predicted octanol–water partition coefficient (Wildman–Crippen LogP) is 2.84. The number of carbonyl (C=O) groups is 1. The van der Waals surface area contributed by atoms with Gasteiger partial charge in [-0.05, 0) is 31.5 Å². The third kappa shape index (κ3) is 5.24. The van der Waals surface area contributed by atoms with Crippen LogP contribution in [-0.2, 0) is 22.6 Å². The lowest BCUT2D eigenvalue weighted by Crippen LogP contribution is -2.46. The second-order valence-electron chi connectivity index (χ2n) is 8.28. The second kappa shape index (κ2) is 9.49. The Balaban J connectivity index is 1.45. The highest BCUT2D eigenvalue weighted by Crippen LogP contribution is 2.28. The molecular weight excluding hydrogens is 392 g/mol. The minimum Gasteiger partial charge on any atom is -0.460 e. The number of fused-ring (bicyclic) bond motifs is 1. The molecule has 0 saturated carbocycles. The number of ether oxygens (including phenoxy) is 2. The van der Waals surface area contributed by atoms with Gasteiger partial charge in [0.1, 0.15) is 0 Å². The number of benzene rings is 2. The number of hydrogen-bond acceptors (Lipinski definition) is 5. The lowest BCUT2D eigenvalue weighted by Gasteiger charge is -2.26. The van der Waals surface area contributed by atoms with E-state index in [1.54, 1.807) is 13.8 Å². The van der Waals surface area contributed by atoms with Gasteiger partial charge < -0.3 is 14.8 Å². The number of nitrogens with zero attached hydrogens (tertiary/aromatic N) is 3. The Morgan fingerprint density at radius 3 is 2.55 bits per heavy atom. The lowest BCUT2D eigenvalue weighted by molar-refractivity contribution is -0.134. The zero-order chi connectivity index (χ0) is 21.7. The van der Waals surface area contributed by atoms with Crippen LogP contribution < -0.4 is 10.1 Å². The largest absolute Gasteiger partial charge is 0.460 e. The van der Waals surface area contributed by atoms with Gasteiger partial charge >= 0.3 is 0 Å². The minimum atomic E-state index is -1.05. The van der Waals surface area contributed by atoms with Crippen molar-refractivity contribution < 1.29 is 14.3 Å². The number of nitrogens with one attached hydrogen (secondary N) is 1. The molecule has 0 bridgehead atoms. The average Bonchev–Trinajstić information content (AvgIpc) is 3.14. The summed E-state index contributed by atoms with van der Waals surface area (Å²) in [5.74, 6) is 0.306. The zero-order valence-corrected chi connectivity index (χ0v) is 18.2. The van der Waals surface area contributed by atoms with Crippen LogP contribution >= 0.6 is 0 Å². The SMILES string of the molecule is CC(C)(Oc1nn(CCN2CCOCC2)c2ccccc12)C(=O)NCc1ccccc1. The smallest absolute Gasteiger partial charge is 0.263 e. The molecule has 0 atom stereocenters. The molecule has 4 rings (SSSR count). The van der Waals surface area contributed by atoms with Gasteiger partial charge in [0.15, 0.2) is 5.60 Å². The van der Waals surface area contributed by atoms with Crippen molar-refractivity contribution in [2.45, 2.75) is 32.5 Å². The molecule has 7 nitrogen and oxygen atoms in total. The fraction of sp³-hybridized carbons (Fsp3) is 0.417. The molecule has 7 heteroatoms. The van der Waals surface area contributed by atoms with Crippen LogP contribution in [0.25, 0.3) is 10.9 Å². The van der Waals surface area contributed by atoms with Crippen molar-refractivity contribution in [1.82, 2.24) is 20.0 Å². The average molecular weight is 423 g/mol. The fourth-order valence-electron chi connectivity index (χ4n) is 3.68. The van der Waals surface area contributed by atoms with Gasteiger partial charge in [-0.2, -0.15) is 0 Å². The van der Waals surface area contributed by atoms with Crippen LogP contribution in [0.15, 0.2) is 54.6 Å². The van der Waals surface area contributed by atoms with Crippen molar-refractivity contribution in [3.8, 4) is 5.88 Å². The van der Waals surface area contributed by atoms with Crippen LogP contribution in [0.4, 0.5) is 0 Å². The maximum Gasteiger partial charge on any atom is 0.263 e. The summed E-state index contributed by atoms with van der Waals surface area (Å²) in [5.41, 5.74) is 0.997. The summed E-state index contributed by atoms with van der Waals surface area (Å²) in [6, 6.07) is 17.8. The molecule has 1 aromatic heterocycles. The summed E-state index contributed by atoms with van der Waals surface area (Å²) in [6.07, 6.45) is 0. The van der Waals surface area contributed by atoms with Gasteiger partial charge in [-0.3, -0.25) is 14.4 Å². The summed E-state index contributed by atoms with van der Waals surface area (Å²) >= 11 is 0. The van der Waals surface area contributed by atoms with E-state index in [1.807, 2.05) is 59.3 Å². The van der Waals surface area contributed by atoms with E-state index in [0.29, 0.717) is 12.4 Å². The summed E-state index contributed by atoms with van der Waals surface area (Å²) in [4.78, 5) is 15.2. The number of carbonyl (C=O) groups excluding carboxylic acids is 1. The van der Waals surface area contributed by atoms with Gasteiger partial charge in [0, 0.05) is 26.2 Å². The van der Waals surface area contributed by atoms with Gasteiger partial charge in [0.25, 0.3) is 5.91 Å². The number of rotatable bonds is 8. The zero-order valence-electron chi connectivity index (χ0n) is 18.2. The maximum absolute atomic E-state index is 12.8. The van der Waals surface area contributed by atoms with E-state index in [1.165, 1.54) is 0 Å². The van der Waals surface area contributed by atoms with Crippen LogP contribution in [0.1, 0.15) is 19.4 Å². The van der Waals surface area contributed by atoms with Crippen LogP contribution in [0.3, 0.4) is 0 Å². The van der Waals surface area contributed by atoms with E-state index in [0.717, 1.165) is 55.9 Å². The highest BCUT2D eigenvalue weighted by Gasteiger charge is 2.31. The van der Waals surface area contributed by atoms with E-state index in [-0.39, 0.29) is 5.91 Å². The first-order chi connectivity index (χ1) is 15.0. The highest BCUT2D eigenvalue weighted by atomic mass is 16.5. The molecule has 31 heavy (non-hydrogen) atoms. The molecule has 1 aliphatic rings. The molecule has 3 aromatic rings. The summed E-state index contributed by atoms with van der Waals surface area (Å²) in [5, 5.41) is 8.59. The lowest BCUT2D eigenvalue weighted by atomic mass is 10.1. The van der Waals surface area contributed by atoms with Crippen LogP contribution in [0.5, 0.6) is 5.88 Å². The molecule has 2 aromatic carbocycles. The first-order valence-corrected chi connectivity index (χ1v) is 10.8. The highest BCUT2D eigenvalue weighted by molar-refractivity contribution is 5.87. The van der Waals surface area contributed by atoms with Crippen molar-refractivity contribution >= 4 is 16.8 Å². The summed E-state index contributed by atoms with van der Waals surface area (Å²) < 4.78 is 13.6. The Bertz CT molecular complexity index is 1010. The van der Waals surface area contributed by atoms with Gasteiger partial charge in [-0.1, -0.05) is 42.5 Å². The molecule has 1 amide bonds. The molecule has 1 saturated heterocycles. The summed E-state index contributed by atoms with van der Waals surface area (Å²) in [6.45, 7) is 9.10. The number of hydrogen-bond donors (Lipinski definition) is 1. The topological polar surface area (TPSA) is 68.6 Å². The fourth-order valence-corrected chi connectivity index (χ4v) is 3.68. The Kier molecular flexibility index (Phi) is 6.53. The quantitative estimate of drug-likeness (QED) is 0.605. The summed E-state index contributed by atoms with van der Waals surface area (Å²) in [7, 11) is 0. The molecule has 2 heterocycles. The standard InChI is InChI=1S/C24H30N4O3/c1-24(2,23(29)25-18-19-8-4-3-5-9-19)31-22-20-10-6-7-11-21(20)28(26-22)13-12-27-14-16-30-17-15-27/h3-11H,12-18H2,1-2H3,(H,25,29). The van der Waals surface area contributed by atoms with Gasteiger partial charge in [0.2, 0.25) is 5.88 Å². The normalized spacial score (nSPS) is 15.2. The third-order valence-electron chi connectivity index (χ3n) is 5.55. The number of amides is 1. The first-order valence-electron chi connectivity index (χ1n) is 10.8.